The van der Waals surface area contributed by atoms with E-state index in [1.54, 1.807) is 0 Å². The van der Waals surface area contributed by atoms with Gasteiger partial charge in [0.1, 0.15) is 17.6 Å². The van der Waals surface area contributed by atoms with Crippen LogP contribution in [0.4, 0.5) is 0 Å². The van der Waals surface area contributed by atoms with Crippen molar-refractivity contribution in [2.45, 2.75) is 64.1 Å². The Morgan fingerprint density at radius 1 is 1.20 bits per heavy atom. The van der Waals surface area contributed by atoms with Gasteiger partial charge in [0.2, 0.25) is 0 Å². The number of furan rings is 1. The van der Waals surface area contributed by atoms with E-state index in [2.05, 4.69) is 32.0 Å². The van der Waals surface area contributed by atoms with E-state index in [9.17, 15) is 0 Å². The number of aryl methyl sites for hydroxylation is 1. The van der Waals surface area contributed by atoms with E-state index < -0.39 is 0 Å². The van der Waals surface area contributed by atoms with Gasteiger partial charge in [0.05, 0.1) is 18.7 Å². The average molecular weight is 345 g/mol. The number of nitrogens with zero attached hydrogens (tertiary/aromatic N) is 5. The quantitative estimate of drug-likeness (QED) is 0.847. The maximum atomic E-state index is 5.93. The number of aromatic nitrogens is 4. The minimum absolute atomic E-state index is 0.0242. The minimum Gasteiger partial charge on any atom is -0.464 e. The van der Waals surface area contributed by atoms with Gasteiger partial charge in [-0.3, -0.25) is 4.90 Å². The van der Waals surface area contributed by atoms with Crippen LogP contribution in [0.1, 0.15) is 74.6 Å². The monoisotopic (exact) mass is 345 g/mol. The van der Waals surface area contributed by atoms with Crippen LogP contribution in [0.15, 0.2) is 16.5 Å². The van der Waals surface area contributed by atoms with E-state index in [4.69, 9.17) is 9.15 Å². The van der Waals surface area contributed by atoms with Crippen molar-refractivity contribution in [2.24, 2.45) is 0 Å². The average Bonchev–Trinajstić information content (AvgIpc) is 3.31. The van der Waals surface area contributed by atoms with Crippen LogP contribution in [0.5, 0.6) is 0 Å². The lowest BCUT2D eigenvalue weighted by molar-refractivity contribution is -0.0542. The van der Waals surface area contributed by atoms with Gasteiger partial charge in [-0.15, -0.1) is 5.10 Å². The second-order valence-corrected chi connectivity index (χ2v) is 7.25. The lowest BCUT2D eigenvalue weighted by atomic mass is 9.95. The van der Waals surface area contributed by atoms with E-state index in [1.807, 2.05) is 19.1 Å². The van der Waals surface area contributed by atoms with Gasteiger partial charge in [0.15, 0.2) is 5.82 Å². The van der Waals surface area contributed by atoms with E-state index >= 15 is 0 Å². The topological polar surface area (TPSA) is 69.2 Å². The van der Waals surface area contributed by atoms with Crippen LogP contribution in [0.2, 0.25) is 0 Å². The fraction of sp³-hybridized carbons (Fsp3) is 0.722. The van der Waals surface area contributed by atoms with Gasteiger partial charge >= 0.3 is 0 Å². The summed E-state index contributed by atoms with van der Waals surface area (Å²) >= 11 is 0. The van der Waals surface area contributed by atoms with Crippen molar-refractivity contribution in [1.29, 1.82) is 0 Å². The zero-order valence-corrected chi connectivity index (χ0v) is 15.1. The molecule has 0 spiro atoms. The van der Waals surface area contributed by atoms with Crippen LogP contribution in [0.25, 0.3) is 0 Å². The Balaban J connectivity index is 1.49. The van der Waals surface area contributed by atoms with E-state index in [0.29, 0.717) is 12.6 Å². The number of hydrogen-bond donors (Lipinski definition) is 0. The normalized spacial score (nSPS) is 24.5. The summed E-state index contributed by atoms with van der Waals surface area (Å²) in [6.45, 7) is 6.53. The van der Waals surface area contributed by atoms with E-state index in [1.165, 1.54) is 32.1 Å². The summed E-state index contributed by atoms with van der Waals surface area (Å²) in [6, 6.07) is 4.62. The predicted octanol–water partition coefficient (Wildman–Crippen LogP) is 3.21. The van der Waals surface area contributed by atoms with Crippen LogP contribution in [0.3, 0.4) is 0 Å². The molecule has 1 aliphatic carbocycles. The first-order valence-corrected chi connectivity index (χ1v) is 9.42. The zero-order valence-electron chi connectivity index (χ0n) is 15.1. The molecule has 0 bridgehead atoms. The molecule has 7 nitrogen and oxygen atoms in total. The molecule has 1 saturated carbocycles. The first-order chi connectivity index (χ1) is 12.2. The van der Waals surface area contributed by atoms with Gasteiger partial charge < -0.3 is 9.15 Å². The predicted molar refractivity (Wildman–Crippen MR) is 92.1 cm³/mol. The van der Waals surface area contributed by atoms with Crippen LogP contribution in [-0.4, -0.2) is 44.8 Å². The third-order valence-electron chi connectivity index (χ3n) is 5.54. The molecule has 7 heteroatoms. The molecule has 25 heavy (non-hydrogen) atoms. The highest BCUT2D eigenvalue weighted by atomic mass is 16.5. The molecule has 2 aromatic rings. The molecule has 0 unspecified atom stereocenters. The van der Waals surface area contributed by atoms with Gasteiger partial charge in [-0.1, -0.05) is 19.3 Å². The molecule has 4 rings (SSSR count). The standard InChI is InChI=1S/C18H27N5O2/c1-13-8-9-16(25-13)17-12-22(10-11-24-17)14(2)18-19-20-21-23(18)15-6-4-3-5-7-15/h8-9,14-15,17H,3-7,10-12H2,1-2H3/t14-,17-/m0/s1. The molecule has 2 aliphatic rings. The molecule has 1 aliphatic heterocycles. The fourth-order valence-corrected chi connectivity index (χ4v) is 4.04. The summed E-state index contributed by atoms with van der Waals surface area (Å²) in [5, 5.41) is 12.7. The van der Waals surface area contributed by atoms with Crippen LogP contribution in [0, 0.1) is 6.92 Å². The van der Waals surface area contributed by atoms with Gasteiger partial charge in [0.25, 0.3) is 0 Å². The van der Waals surface area contributed by atoms with E-state index in [-0.39, 0.29) is 12.1 Å². The highest BCUT2D eigenvalue weighted by Gasteiger charge is 2.31. The molecule has 3 heterocycles. The molecule has 0 radical (unpaired) electrons. The molecule has 2 atom stereocenters. The Bertz CT molecular complexity index is 691. The molecular formula is C18H27N5O2. The number of tetrazole rings is 1. The molecule has 0 aromatic carbocycles. The van der Waals surface area contributed by atoms with Gasteiger partial charge in [-0.2, -0.15) is 0 Å². The summed E-state index contributed by atoms with van der Waals surface area (Å²) in [7, 11) is 0. The third-order valence-corrected chi connectivity index (χ3v) is 5.54. The van der Waals surface area contributed by atoms with Crippen molar-refractivity contribution >= 4 is 0 Å². The summed E-state index contributed by atoms with van der Waals surface area (Å²) in [5.41, 5.74) is 0. The summed E-state index contributed by atoms with van der Waals surface area (Å²) in [5.74, 6) is 2.80. The summed E-state index contributed by atoms with van der Waals surface area (Å²) in [4.78, 5) is 2.40. The number of morpholine rings is 1. The molecule has 2 fully saturated rings. The number of rotatable bonds is 4. The summed E-state index contributed by atoms with van der Waals surface area (Å²) < 4.78 is 13.8. The van der Waals surface area contributed by atoms with Crippen molar-refractivity contribution < 1.29 is 9.15 Å². The maximum Gasteiger partial charge on any atom is 0.168 e. The molecule has 2 aromatic heterocycles. The molecular weight excluding hydrogens is 318 g/mol. The second-order valence-electron chi connectivity index (χ2n) is 7.25. The van der Waals surface area contributed by atoms with Crippen molar-refractivity contribution in [3.63, 3.8) is 0 Å². The third kappa shape index (κ3) is 3.48. The van der Waals surface area contributed by atoms with E-state index in [0.717, 1.165) is 30.4 Å². The van der Waals surface area contributed by atoms with Crippen LogP contribution in [-0.2, 0) is 4.74 Å². The smallest absolute Gasteiger partial charge is 0.168 e. The zero-order chi connectivity index (χ0) is 17.2. The lowest BCUT2D eigenvalue weighted by Crippen LogP contribution is -2.40. The summed E-state index contributed by atoms with van der Waals surface area (Å²) in [6.07, 6.45) is 6.22. The first kappa shape index (κ1) is 16.7. The van der Waals surface area contributed by atoms with Gasteiger partial charge in [0, 0.05) is 13.1 Å². The maximum absolute atomic E-state index is 5.93. The fourth-order valence-electron chi connectivity index (χ4n) is 4.04. The van der Waals surface area contributed by atoms with Crippen molar-refractivity contribution in [2.75, 3.05) is 19.7 Å². The molecule has 0 N–H and O–H groups in total. The minimum atomic E-state index is -0.0242. The number of hydrogen-bond acceptors (Lipinski definition) is 6. The van der Waals surface area contributed by atoms with Crippen molar-refractivity contribution in [3.05, 3.63) is 29.5 Å². The molecule has 1 saturated heterocycles. The Morgan fingerprint density at radius 2 is 2.04 bits per heavy atom. The van der Waals surface area contributed by atoms with Crippen LogP contribution < -0.4 is 0 Å². The van der Waals surface area contributed by atoms with Gasteiger partial charge in [-0.25, -0.2) is 4.68 Å². The Hall–Kier alpha value is -1.73. The highest BCUT2D eigenvalue weighted by molar-refractivity contribution is 5.09. The lowest BCUT2D eigenvalue weighted by Gasteiger charge is -2.36. The van der Waals surface area contributed by atoms with Gasteiger partial charge in [-0.05, 0) is 49.2 Å². The Morgan fingerprint density at radius 3 is 2.80 bits per heavy atom. The van der Waals surface area contributed by atoms with Crippen LogP contribution >= 0.6 is 0 Å². The number of ether oxygens (including phenoxy) is 1. The van der Waals surface area contributed by atoms with Crippen molar-refractivity contribution in [3.8, 4) is 0 Å². The largest absolute Gasteiger partial charge is 0.464 e. The van der Waals surface area contributed by atoms with Crippen molar-refractivity contribution in [1.82, 2.24) is 25.1 Å². The Kier molecular flexibility index (Phi) is 4.85. The Labute approximate surface area is 148 Å². The first-order valence-electron chi connectivity index (χ1n) is 9.42. The SMILES string of the molecule is Cc1ccc([C@@H]2CN([C@@H](C)c3nnnn3C3CCCCC3)CCO2)o1. The second kappa shape index (κ2) is 7.25. The highest BCUT2D eigenvalue weighted by Crippen LogP contribution is 2.32. The molecule has 136 valence electrons. The molecule has 0 amide bonds.